The highest BCUT2D eigenvalue weighted by Gasteiger charge is 2.18. The molecule has 3 rings (SSSR count). The zero-order valence-corrected chi connectivity index (χ0v) is 9.74. The standard InChI is InChI=1S/C11H13N5O2/c12-8-1-2-9(13-7-8)10-14-11(15-18-10)16-3-5-17-6-4-16/h1-2,7H,3-6,12H2. The van der Waals surface area contributed by atoms with Gasteiger partial charge in [0, 0.05) is 13.1 Å². The Hall–Kier alpha value is -2.15. The van der Waals surface area contributed by atoms with Gasteiger partial charge in [-0.1, -0.05) is 0 Å². The number of nitrogens with two attached hydrogens (primary N) is 1. The third-order valence-electron chi connectivity index (χ3n) is 2.71. The van der Waals surface area contributed by atoms with Gasteiger partial charge < -0.3 is 19.9 Å². The molecule has 18 heavy (non-hydrogen) atoms. The molecule has 1 aliphatic rings. The van der Waals surface area contributed by atoms with E-state index in [2.05, 4.69) is 15.1 Å². The summed E-state index contributed by atoms with van der Waals surface area (Å²) >= 11 is 0. The maximum Gasteiger partial charge on any atom is 0.278 e. The summed E-state index contributed by atoms with van der Waals surface area (Å²) in [7, 11) is 0. The summed E-state index contributed by atoms with van der Waals surface area (Å²) in [6.07, 6.45) is 1.56. The molecule has 1 fully saturated rings. The van der Waals surface area contributed by atoms with Crippen molar-refractivity contribution in [1.29, 1.82) is 0 Å². The van der Waals surface area contributed by atoms with Crippen LogP contribution in [0.4, 0.5) is 11.6 Å². The number of nitrogen functional groups attached to an aromatic ring is 1. The van der Waals surface area contributed by atoms with Crippen molar-refractivity contribution in [1.82, 2.24) is 15.1 Å². The van der Waals surface area contributed by atoms with Gasteiger partial charge in [-0.3, -0.25) is 0 Å². The number of hydrogen-bond acceptors (Lipinski definition) is 7. The van der Waals surface area contributed by atoms with Crippen LogP contribution in [0.25, 0.3) is 11.6 Å². The monoisotopic (exact) mass is 247 g/mol. The normalized spacial score (nSPS) is 15.9. The van der Waals surface area contributed by atoms with E-state index in [1.54, 1.807) is 18.3 Å². The molecule has 7 nitrogen and oxygen atoms in total. The third-order valence-corrected chi connectivity index (χ3v) is 2.71. The van der Waals surface area contributed by atoms with Crippen molar-refractivity contribution in [3.8, 4) is 11.6 Å². The van der Waals surface area contributed by atoms with E-state index in [1.807, 2.05) is 4.90 Å². The second-order valence-corrected chi connectivity index (χ2v) is 3.98. The van der Waals surface area contributed by atoms with Crippen molar-refractivity contribution in [2.45, 2.75) is 0 Å². The number of ether oxygens (including phenoxy) is 1. The van der Waals surface area contributed by atoms with Gasteiger partial charge in [0.2, 0.25) is 0 Å². The SMILES string of the molecule is Nc1ccc(-c2nc(N3CCOCC3)no2)nc1. The highest BCUT2D eigenvalue weighted by atomic mass is 16.5. The molecule has 7 heteroatoms. The van der Waals surface area contributed by atoms with Gasteiger partial charge in [-0.25, -0.2) is 4.98 Å². The first kappa shape index (κ1) is 11.0. The van der Waals surface area contributed by atoms with Crippen LogP contribution in [0.5, 0.6) is 0 Å². The summed E-state index contributed by atoms with van der Waals surface area (Å²) in [5, 5.41) is 3.95. The Morgan fingerprint density at radius 2 is 2.06 bits per heavy atom. The summed E-state index contributed by atoms with van der Waals surface area (Å²) < 4.78 is 10.5. The first-order chi connectivity index (χ1) is 8.83. The topological polar surface area (TPSA) is 90.3 Å². The molecular weight excluding hydrogens is 234 g/mol. The molecule has 0 spiro atoms. The molecule has 0 atom stereocenters. The Balaban J connectivity index is 1.82. The Morgan fingerprint density at radius 1 is 1.22 bits per heavy atom. The van der Waals surface area contributed by atoms with Gasteiger partial charge in [0.05, 0.1) is 25.1 Å². The Labute approximate surface area is 104 Å². The molecule has 1 aliphatic heterocycles. The van der Waals surface area contributed by atoms with Crippen LogP contribution in [0.3, 0.4) is 0 Å². The highest BCUT2D eigenvalue weighted by Crippen LogP contribution is 2.19. The number of nitrogens with zero attached hydrogens (tertiary/aromatic N) is 4. The van der Waals surface area contributed by atoms with E-state index < -0.39 is 0 Å². The maximum absolute atomic E-state index is 5.58. The van der Waals surface area contributed by atoms with E-state index in [0.717, 1.165) is 13.1 Å². The molecular formula is C11H13N5O2. The minimum atomic E-state index is 0.400. The summed E-state index contributed by atoms with van der Waals surface area (Å²) in [5.41, 5.74) is 6.80. The van der Waals surface area contributed by atoms with Crippen molar-refractivity contribution in [3.05, 3.63) is 18.3 Å². The fraction of sp³-hybridized carbons (Fsp3) is 0.364. The molecule has 0 aliphatic carbocycles. The third kappa shape index (κ3) is 2.12. The fourth-order valence-corrected chi connectivity index (χ4v) is 1.74. The molecule has 0 unspecified atom stereocenters. The molecule has 3 heterocycles. The minimum absolute atomic E-state index is 0.400. The minimum Gasteiger partial charge on any atom is -0.397 e. The maximum atomic E-state index is 5.58. The average Bonchev–Trinajstić information content (AvgIpc) is 2.90. The molecule has 1 saturated heterocycles. The number of anilines is 2. The predicted molar refractivity (Wildman–Crippen MR) is 65.0 cm³/mol. The first-order valence-electron chi connectivity index (χ1n) is 5.71. The van der Waals surface area contributed by atoms with E-state index in [-0.39, 0.29) is 0 Å². The number of morpholine rings is 1. The quantitative estimate of drug-likeness (QED) is 0.828. The smallest absolute Gasteiger partial charge is 0.278 e. The van der Waals surface area contributed by atoms with E-state index in [9.17, 15) is 0 Å². The van der Waals surface area contributed by atoms with Crippen molar-refractivity contribution in [2.24, 2.45) is 0 Å². The van der Waals surface area contributed by atoms with Crippen molar-refractivity contribution < 1.29 is 9.26 Å². The molecule has 0 radical (unpaired) electrons. The van der Waals surface area contributed by atoms with Crippen LogP contribution in [0.15, 0.2) is 22.9 Å². The largest absolute Gasteiger partial charge is 0.397 e. The van der Waals surface area contributed by atoms with Crippen LogP contribution in [-0.2, 0) is 4.74 Å². The Kier molecular flexibility index (Phi) is 2.81. The molecule has 0 aromatic carbocycles. The van der Waals surface area contributed by atoms with Crippen LogP contribution >= 0.6 is 0 Å². The van der Waals surface area contributed by atoms with Crippen molar-refractivity contribution >= 4 is 11.6 Å². The average molecular weight is 247 g/mol. The second kappa shape index (κ2) is 4.61. The first-order valence-corrected chi connectivity index (χ1v) is 5.71. The summed E-state index contributed by atoms with van der Waals surface area (Å²) in [6.45, 7) is 2.91. The Morgan fingerprint density at radius 3 is 2.78 bits per heavy atom. The van der Waals surface area contributed by atoms with Crippen molar-refractivity contribution in [2.75, 3.05) is 36.9 Å². The predicted octanol–water partition coefficient (Wildman–Crippen LogP) is 0.550. The van der Waals surface area contributed by atoms with E-state index in [1.165, 1.54) is 0 Å². The number of rotatable bonds is 2. The van der Waals surface area contributed by atoms with Crippen LogP contribution in [0, 0.1) is 0 Å². The van der Waals surface area contributed by atoms with Crippen LogP contribution in [0.2, 0.25) is 0 Å². The van der Waals surface area contributed by atoms with Gasteiger partial charge in [-0.15, -0.1) is 0 Å². The molecule has 2 aromatic rings. The van der Waals surface area contributed by atoms with E-state index in [0.29, 0.717) is 36.4 Å². The summed E-state index contributed by atoms with van der Waals surface area (Å²) in [6, 6.07) is 3.51. The lowest BCUT2D eigenvalue weighted by molar-refractivity contribution is 0.121. The zero-order chi connectivity index (χ0) is 12.4. The van der Waals surface area contributed by atoms with Gasteiger partial charge in [0.25, 0.3) is 11.8 Å². The number of hydrogen-bond donors (Lipinski definition) is 1. The molecule has 94 valence electrons. The zero-order valence-electron chi connectivity index (χ0n) is 9.74. The van der Waals surface area contributed by atoms with Crippen LogP contribution in [-0.4, -0.2) is 41.4 Å². The van der Waals surface area contributed by atoms with Gasteiger partial charge >= 0.3 is 0 Å². The molecule has 0 saturated carbocycles. The highest BCUT2D eigenvalue weighted by molar-refractivity contribution is 5.52. The fourth-order valence-electron chi connectivity index (χ4n) is 1.74. The van der Waals surface area contributed by atoms with E-state index >= 15 is 0 Å². The molecule has 0 amide bonds. The number of aromatic nitrogens is 3. The van der Waals surface area contributed by atoms with E-state index in [4.69, 9.17) is 15.0 Å². The lowest BCUT2D eigenvalue weighted by Gasteiger charge is -2.24. The van der Waals surface area contributed by atoms with Crippen molar-refractivity contribution in [3.63, 3.8) is 0 Å². The van der Waals surface area contributed by atoms with Gasteiger partial charge in [-0.2, -0.15) is 4.98 Å². The van der Waals surface area contributed by atoms with Crippen LogP contribution < -0.4 is 10.6 Å². The van der Waals surface area contributed by atoms with Gasteiger partial charge in [0.15, 0.2) is 0 Å². The number of pyridine rings is 1. The van der Waals surface area contributed by atoms with Gasteiger partial charge in [0.1, 0.15) is 5.69 Å². The summed E-state index contributed by atoms with van der Waals surface area (Å²) in [4.78, 5) is 10.5. The Bertz CT molecular complexity index is 518. The van der Waals surface area contributed by atoms with Crippen LogP contribution in [0.1, 0.15) is 0 Å². The summed E-state index contributed by atoms with van der Waals surface area (Å²) in [5.74, 6) is 0.975. The molecule has 2 aromatic heterocycles. The second-order valence-electron chi connectivity index (χ2n) is 3.98. The lowest BCUT2D eigenvalue weighted by atomic mass is 10.3. The lowest BCUT2D eigenvalue weighted by Crippen LogP contribution is -2.36. The molecule has 0 bridgehead atoms. The van der Waals surface area contributed by atoms with Gasteiger partial charge in [-0.05, 0) is 17.3 Å². The molecule has 2 N–H and O–H groups in total.